The molecule has 8 atom stereocenters. The van der Waals surface area contributed by atoms with E-state index in [4.69, 9.17) is 24.3 Å². The monoisotopic (exact) mass is 915 g/mol. The predicted octanol–water partition coefficient (Wildman–Crippen LogP) is -5.66. The first-order chi connectivity index (χ1) is 26.6. The Morgan fingerprint density at radius 2 is 0.915 bits per heavy atom. The molecule has 332 valence electrons. The molecule has 0 spiro atoms. The van der Waals surface area contributed by atoms with Gasteiger partial charge in [0.2, 0.25) is 0 Å². The van der Waals surface area contributed by atoms with Gasteiger partial charge in [-0.25, -0.2) is 0 Å². The molecular formula is C37H70NNa3O16P2. The summed E-state index contributed by atoms with van der Waals surface area (Å²) >= 11 is 0. The fourth-order valence-corrected chi connectivity index (χ4v) is 8.00. The second-order valence-corrected chi connectivity index (χ2v) is 17.3. The molecule has 0 bridgehead atoms. The minimum Gasteiger partial charge on any atom is -0.790 e. The molecule has 1 aliphatic rings. The van der Waals surface area contributed by atoms with Crippen LogP contribution in [0.5, 0.6) is 0 Å². The van der Waals surface area contributed by atoms with E-state index < -0.39 is 83.5 Å². The van der Waals surface area contributed by atoms with Crippen molar-refractivity contribution >= 4 is 27.6 Å². The van der Waals surface area contributed by atoms with E-state index in [-0.39, 0.29) is 102 Å². The smallest absolute Gasteiger partial charge is 0.790 e. The third-order valence-corrected chi connectivity index (χ3v) is 11.2. The number of nitrogens with two attached hydrogens (primary N) is 1. The van der Waals surface area contributed by atoms with Gasteiger partial charge in [0.15, 0.2) is 6.10 Å². The Morgan fingerprint density at radius 1 is 0.559 bits per heavy atom. The summed E-state index contributed by atoms with van der Waals surface area (Å²) in [6, 6.07) is 0. The Labute approximate surface area is 418 Å². The molecule has 1 rings (SSSR count). The van der Waals surface area contributed by atoms with E-state index in [1.165, 1.54) is 51.4 Å². The molecule has 0 saturated heterocycles. The van der Waals surface area contributed by atoms with Gasteiger partial charge in [-0.05, 0) is 25.8 Å². The maximum Gasteiger partial charge on any atom is 1.00 e. The fourth-order valence-electron chi connectivity index (χ4n) is 6.49. The van der Waals surface area contributed by atoms with E-state index >= 15 is 0 Å². The van der Waals surface area contributed by atoms with Crippen LogP contribution in [0.1, 0.15) is 161 Å². The van der Waals surface area contributed by atoms with Crippen LogP contribution in [0.3, 0.4) is 0 Å². The van der Waals surface area contributed by atoms with Crippen molar-refractivity contribution in [2.75, 3.05) is 19.8 Å². The van der Waals surface area contributed by atoms with Gasteiger partial charge in [0.25, 0.3) is 7.82 Å². The number of esters is 2. The predicted molar refractivity (Wildman–Crippen MR) is 201 cm³/mol. The quantitative estimate of drug-likeness (QED) is 0.0171. The summed E-state index contributed by atoms with van der Waals surface area (Å²) in [4.78, 5) is 59.9. The minimum atomic E-state index is -5.81. The summed E-state index contributed by atoms with van der Waals surface area (Å²) in [5, 5.41) is 41.0. The Bertz CT molecular complexity index is 1130. The molecule has 1 saturated carbocycles. The van der Waals surface area contributed by atoms with Crippen molar-refractivity contribution in [3.05, 3.63) is 0 Å². The van der Waals surface area contributed by atoms with Gasteiger partial charge in [-0.1, -0.05) is 129 Å². The number of rotatable bonds is 35. The first kappa shape index (κ1) is 65.2. The van der Waals surface area contributed by atoms with E-state index in [1.54, 1.807) is 0 Å². The van der Waals surface area contributed by atoms with Gasteiger partial charge >= 0.3 is 101 Å². The Balaban J connectivity index is -0.0000105. The van der Waals surface area contributed by atoms with Crippen molar-refractivity contribution in [2.45, 2.75) is 204 Å². The van der Waals surface area contributed by atoms with Crippen LogP contribution in [0.15, 0.2) is 0 Å². The summed E-state index contributed by atoms with van der Waals surface area (Å²) in [7, 11) is -11.3. The first-order valence-corrected chi connectivity index (χ1v) is 23.7. The second kappa shape index (κ2) is 39.2. The Morgan fingerprint density at radius 3 is 1.31 bits per heavy atom. The zero-order valence-corrected chi connectivity index (χ0v) is 44.1. The largest absolute Gasteiger partial charge is 1.00 e. The topological polar surface area (TPSA) is 291 Å². The van der Waals surface area contributed by atoms with E-state index in [2.05, 4.69) is 11.4 Å². The first-order valence-electron chi connectivity index (χ1n) is 20.7. The maximum absolute atomic E-state index is 12.7. The number of unbranched alkanes of at least 4 members (excludes halogenated alkanes) is 20. The number of aliphatic hydroxyl groups excluding tert-OH is 4. The summed E-state index contributed by atoms with van der Waals surface area (Å²) in [6.45, 7) is 1.47. The van der Waals surface area contributed by atoms with E-state index in [1.807, 2.05) is 0 Å². The number of hydrogen-bond acceptors (Lipinski definition) is 17. The Kier molecular flexibility index (Phi) is 43.3. The molecule has 6 N–H and O–H groups in total. The molecule has 0 heterocycles. The summed E-state index contributed by atoms with van der Waals surface area (Å²) in [5.41, 5.74) is 5.51. The molecular weight excluding hydrogens is 845 g/mol. The molecule has 3 unspecified atom stereocenters. The van der Waals surface area contributed by atoms with Crippen molar-refractivity contribution in [1.82, 2.24) is 0 Å². The average Bonchev–Trinajstić information content (AvgIpc) is 3.14. The van der Waals surface area contributed by atoms with Gasteiger partial charge in [0.05, 0.1) is 14.4 Å². The van der Waals surface area contributed by atoms with Gasteiger partial charge in [-0.2, -0.15) is 0 Å². The van der Waals surface area contributed by atoms with Crippen molar-refractivity contribution in [3.8, 4) is 0 Å². The Hall–Kier alpha value is 1.96. The number of phosphoric acid groups is 2. The van der Waals surface area contributed by atoms with Gasteiger partial charge < -0.3 is 68.5 Å². The molecule has 1 fully saturated rings. The van der Waals surface area contributed by atoms with Crippen LogP contribution in [-0.2, 0) is 41.8 Å². The molecule has 22 heteroatoms. The number of carbonyl (C=O) groups excluding carboxylic acids is 2. The second-order valence-electron chi connectivity index (χ2n) is 14.8. The zero-order chi connectivity index (χ0) is 41.8. The molecule has 0 aromatic rings. The van der Waals surface area contributed by atoms with Gasteiger partial charge in [0, 0.05) is 12.8 Å². The molecule has 0 amide bonds. The molecule has 1 aliphatic carbocycles. The number of aliphatic hydroxyl groups is 4. The van der Waals surface area contributed by atoms with Crippen LogP contribution < -0.4 is 109 Å². The molecule has 59 heavy (non-hydrogen) atoms. The molecule has 0 aromatic heterocycles. The van der Waals surface area contributed by atoms with Crippen LogP contribution in [0.4, 0.5) is 0 Å². The standard InChI is InChI=1S/C37H73NO16P2.3Na/c1-2-3-4-5-6-7-8-9-10-12-16-19-22-25-31(40)52-29(27-50-30(39)24-21-18-15-13-11-14-17-20-23-26-38)28-51-56(48,49)54-37-34(43)32(41)36(33(42)35(37)44)53-55(45,46)47;;;/h29,32-37,41-44H,2-28,38H2,1H3,(H,48,49)(H2,45,46,47);;;/q;3*+1/p-3/t29-,32-,33+,34-,35-,36?,37?;;;/m1.../s1. The van der Waals surface area contributed by atoms with Crippen LogP contribution >= 0.6 is 15.6 Å². The van der Waals surface area contributed by atoms with Crippen LogP contribution in [0, 0.1) is 0 Å². The number of ether oxygens (including phenoxy) is 2. The maximum atomic E-state index is 12.7. The summed E-state index contributed by atoms with van der Waals surface area (Å²) in [5.74, 6) is -1.26. The SMILES string of the molecule is CCCCCCCCCCCCCCCC(=O)O[C@H](COC(=O)CCCCCCCCCCCN)COP(=O)([O-])OC1[C@H](O)[C@H](O)C(OP(=O)([O-])[O-])[C@H](O)[C@H]1O.[Na+].[Na+].[Na+]. The minimum absolute atomic E-state index is 0. The molecule has 0 radical (unpaired) electrons. The zero-order valence-electron chi connectivity index (χ0n) is 36.3. The number of carbonyl (C=O) groups is 2. The van der Waals surface area contributed by atoms with E-state index in [9.17, 15) is 53.8 Å². The van der Waals surface area contributed by atoms with Crippen molar-refractivity contribution in [1.29, 1.82) is 0 Å². The summed E-state index contributed by atoms with van der Waals surface area (Å²) in [6.07, 6.45) is 8.10. The van der Waals surface area contributed by atoms with Crippen molar-refractivity contribution < 1.29 is 166 Å². The van der Waals surface area contributed by atoms with E-state index in [0.717, 1.165) is 77.0 Å². The third-order valence-electron chi connectivity index (χ3n) is 9.76. The number of hydrogen-bond donors (Lipinski definition) is 5. The average molecular weight is 916 g/mol. The normalized spacial score (nSPS) is 21.9. The van der Waals surface area contributed by atoms with Crippen molar-refractivity contribution in [2.24, 2.45) is 5.73 Å². The van der Waals surface area contributed by atoms with Crippen LogP contribution in [0.25, 0.3) is 0 Å². The van der Waals surface area contributed by atoms with Crippen molar-refractivity contribution in [3.63, 3.8) is 0 Å². The van der Waals surface area contributed by atoms with E-state index in [0.29, 0.717) is 19.4 Å². The fraction of sp³-hybridized carbons (Fsp3) is 0.946. The third kappa shape index (κ3) is 33.1. The molecule has 0 aromatic carbocycles. The van der Waals surface area contributed by atoms with Crippen LogP contribution in [0.2, 0.25) is 0 Å². The molecule has 17 nitrogen and oxygen atoms in total. The van der Waals surface area contributed by atoms with Gasteiger partial charge in [-0.3, -0.25) is 14.2 Å². The number of phosphoric ester groups is 2. The van der Waals surface area contributed by atoms with Gasteiger partial charge in [-0.15, -0.1) is 0 Å². The van der Waals surface area contributed by atoms with Crippen LogP contribution in [-0.4, -0.2) is 94.9 Å². The molecule has 0 aliphatic heterocycles. The summed E-state index contributed by atoms with van der Waals surface area (Å²) < 4.78 is 47.9. The van der Waals surface area contributed by atoms with Gasteiger partial charge in [0.1, 0.15) is 43.2 Å².